The van der Waals surface area contributed by atoms with E-state index in [0.717, 1.165) is 31.4 Å². The van der Waals surface area contributed by atoms with Crippen LogP contribution in [0, 0.1) is 11.3 Å². The minimum absolute atomic E-state index is 0.126. The second-order valence-electron chi connectivity index (χ2n) is 7.83. The fourth-order valence-corrected chi connectivity index (χ4v) is 5.03. The number of aryl methyl sites for hydroxylation is 2. The van der Waals surface area contributed by atoms with Crippen LogP contribution in [-0.4, -0.2) is 12.9 Å². The number of carbonyl (C=O) groups excluding carboxylic acids is 1. The number of hydrogen-bond donors (Lipinski definition) is 0. The van der Waals surface area contributed by atoms with Crippen LogP contribution in [-0.2, 0) is 23.1 Å². The van der Waals surface area contributed by atoms with Gasteiger partial charge < -0.3 is 4.74 Å². The fourth-order valence-electron chi connectivity index (χ4n) is 5.03. The van der Waals surface area contributed by atoms with Gasteiger partial charge in [0.2, 0.25) is 0 Å². The smallest absolute Gasteiger partial charge is 0.138 e. The lowest BCUT2D eigenvalue weighted by molar-refractivity contribution is -0.137. The lowest BCUT2D eigenvalue weighted by atomic mass is 9.50. The zero-order chi connectivity index (χ0) is 16.1. The normalized spacial score (nSPS) is 29.7. The highest BCUT2D eigenvalue weighted by atomic mass is 16.5. The monoisotopic (exact) mass is 300 g/mol. The maximum atomic E-state index is 12.4. The van der Waals surface area contributed by atoms with Gasteiger partial charge in [-0.3, -0.25) is 4.79 Å². The third-order valence-electron chi connectivity index (χ3n) is 6.44. The minimum atomic E-state index is -0.197. The Balaban J connectivity index is 2.14. The van der Waals surface area contributed by atoms with Crippen LogP contribution in [0.25, 0.3) is 0 Å². The maximum absolute atomic E-state index is 12.4. The van der Waals surface area contributed by atoms with Crippen molar-refractivity contribution >= 4 is 5.78 Å². The molecule has 1 aromatic carbocycles. The Morgan fingerprint density at radius 1 is 1.23 bits per heavy atom. The molecule has 0 bridgehead atoms. The zero-order valence-corrected chi connectivity index (χ0v) is 14.6. The molecule has 0 amide bonds. The number of rotatable bonds is 2. The molecule has 2 nitrogen and oxygen atoms in total. The van der Waals surface area contributed by atoms with E-state index in [0.29, 0.717) is 18.1 Å². The summed E-state index contributed by atoms with van der Waals surface area (Å²) in [6, 6.07) is 4.62. The van der Waals surface area contributed by atoms with E-state index < -0.39 is 0 Å². The summed E-state index contributed by atoms with van der Waals surface area (Å²) in [6.07, 6.45) is 4.86. The lowest BCUT2D eigenvalue weighted by Crippen LogP contribution is -2.52. The first-order chi connectivity index (χ1) is 10.3. The third-order valence-corrected chi connectivity index (χ3v) is 6.44. The van der Waals surface area contributed by atoms with Crippen LogP contribution in [0.5, 0.6) is 5.75 Å². The Hall–Kier alpha value is -1.31. The van der Waals surface area contributed by atoms with Crippen molar-refractivity contribution in [2.75, 3.05) is 7.11 Å². The summed E-state index contributed by atoms with van der Waals surface area (Å²) >= 11 is 0. The molecule has 2 atom stereocenters. The number of ether oxygens (including phenoxy) is 1. The Labute approximate surface area is 134 Å². The van der Waals surface area contributed by atoms with Gasteiger partial charge in [0.15, 0.2) is 0 Å². The van der Waals surface area contributed by atoms with E-state index in [4.69, 9.17) is 4.74 Å². The summed E-state index contributed by atoms with van der Waals surface area (Å²) in [7, 11) is 1.76. The molecule has 2 heteroatoms. The molecular formula is C20H28O2. The van der Waals surface area contributed by atoms with Crippen LogP contribution in [0.15, 0.2) is 12.1 Å². The van der Waals surface area contributed by atoms with E-state index in [2.05, 4.69) is 39.8 Å². The van der Waals surface area contributed by atoms with E-state index in [1.165, 1.54) is 16.7 Å². The molecule has 1 aromatic rings. The summed E-state index contributed by atoms with van der Waals surface area (Å²) in [5, 5.41) is 0. The fraction of sp³-hybridized carbons (Fsp3) is 0.650. The third kappa shape index (κ3) is 2.03. The van der Waals surface area contributed by atoms with Crippen molar-refractivity contribution in [2.45, 2.75) is 65.2 Å². The van der Waals surface area contributed by atoms with Gasteiger partial charge in [-0.25, -0.2) is 0 Å². The minimum Gasteiger partial charge on any atom is -0.496 e. The van der Waals surface area contributed by atoms with E-state index >= 15 is 0 Å². The Bertz CT molecular complexity index is 614. The summed E-state index contributed by atoms with van der Waals surface area (Å²) in [5.41, 5.74) is 4.12. The van der Waals surface area contributed by atoms with E-state index in [1.807, 2.05) is 0 Å². The second-order valence-corrected chi connectivity index (χ2v) is 7.83. The molecule has 120 valence electrons. The average Bonchev–Trinajstić information content (AvgIpc) is 2.50. The van der Waals surface area contributed by atoms with E-state index in [9.17, 15) is 4.79 Å². The summed E-state index contributed by atoms with van der Waals surface area (Å²) in [5.74, 6) is 1.92. The number of methoxy groups -OCH3 is 1. The van der Waals surface area contributed by atoms with Gasteiger partial charge in [0, 0.05) is 11.8 Å². The van der Waals surface area contributed by atoms with E-state index in [-0.39, 0.29) is 10.8 Å². The summed E-state index contributed by atoms with van der Waals surface area (Å²) in [4.78, 5) is 12.4. The van der Waals surface area contributed by atoms with Crippen LogP contribution in [0.4, 0.5) is 0 Å². The van der Waals surface area contributed by atoms with Crippen molar-refractivity contribution in [3.8, 4) is 5.75 Å². The number of benzene rings is 1. The van der Waals surface area contributed by atoms with Crippen molar-refractivity contribution in [1.82, 2.24) is 0 Å². The average molecular weight is 300 g/mol. The topological polar surface area (TPSA) is 26.3 Å². The number of fused-ring (bicyclic) bond motifs is 3. The molecule has 0 unspecified atom stereocenters. The van der Waals surface area contributed by atoms with Gasteiger partial charge in [-0.1, -0.05) is 33.8 Å². The molecule has 0 aromatic heterocycles. The van der Waals surface area contributed by atoms with Crippen LogP contribution in [0.2, 0.25) is 0 Å². The summed E-state index contributed by atoms with van der Waals surface area (Å²) < 4.78 is 5.58. The van der Waals surface area contributed by atoms with Gasteiger partial charge in [0.1, 0.15) is 11.5 Å². The number of hydrogen-bond acceptors (Lipinski definition) is 2. The number of carbonyl (C=O) groups is 1. The van der Waals surface area contributed by atoms with Crippen molar-refractivity contribution in [1.29, 1.82) is 0 Å². The first-order valence-electron chi connectivity index (χ1n) is 8.58. The molecule has 3 rings (SSSR count). The van der Waals surface area contributed by atoms with Crippen LogP contribution < -0.4 is 4.74 Å². The Kier molecular flexibility index (Phi) is 3.62. The largest absolute Gasteiger partial charge is 0.496 e. The quantitative estimate of drug-likeness (QED) is 0.805. The highest BCUT2D eigenvalue weighted by Gasteiger charge is 2.53. The molecule has 1 saturated carbocycles. The van der Waals surface area contributed by atoms with Crippen molar-refractivity contribution in [3.63, 3.8) is 0 Å². The van der Waals surface area contributed by atoms with Crippen LogP contribution in [0.1, 0.15) is 63.6 Å². The molecule has 2 aliphatic carbocycles. The van der Waals surface area contributed by atoms with Crippen molar-refractivity contribution in [3.05, 3.63) is 28.8 Å². The lowest BCUT2D eigenvalue weighted by Gasteiger charge is -2.53. The number of Topliss-reactive ketones (excluding diaryl/α,β-unsaturated/α-hetero) is 1. The molecule has 22 heavy (non-hydrogen) atoms. The zero-order valence-electron chi connectivity index (χ0n) is 14.6. The van der Waals surface area contributed by atoms with Gasteiger partial charge >= 0.3 is 0 Å². The molecule has 0 saturated heterocycles. The van der Waals surface area contributed by atoms with Gasteiger partial charge in [-0.05, 0) is 59.8 Å². The number of ketones is 1. The molecule has 0 radical (unpaired) electrons. The van der Waals surface area contributed by atoms with Crippen molar-refractivity contribution < 1.29 is 9.53 Å². The second kappa shape index (κ2) is 5.11. The summed E-state index contributed by atoms with van der Waals surface area (Å²) in [6.45, 7) is 8.89. The molecule has 0 heterocycles. The molecule has 1 fully saturated rings. The highest BCUT2D eigenvalue weighted by molar-refractivity contribution is 5.86. The first kappa shape index (κ1) is 15.6. The van der Waals surface area contributed by atoms with Crippen molar-refractivity contribution in [2.24, 2.45) is 11.3 Å². The Morgan fingerprint density at radius 2 is 1.95 bits per heavy atom. The molecule has 0 spiro atoms. The SMILES string of the molecule is CCc1cc2c(cc1OC)CC[C@H]1C(C)(C)C(=O)CC[C@]21C. The van der Waals surface area contributed by atoms with Crippen LogP contribution in [0.3, 0.4) is 0 Å². The predicted molar refractivity (Wildman–Crippen MR) is 89.6 cm³/mol. The van der Waals surface area contributed by atoms with E-state index in [1.54, 1.807) is 7.11 Å². The standard InChI is InChI=1S/C20H28O2/c1-6-13-11-15-14(12-16(13)22-5)7-8-17-19(2,3)18(21)9-10-20(15,17)4/h11-12,17H,6-10H2,1-5H3/t17-,20+/m0/s1. The van der Waals surface area contributed by atoms with Gasteiger partial charge in [0.05, 0.1) is 7.11 Å². The molecule has 0 aliphatic heterocycles. The molecule has 0 N–H and O–H groups in total. The van der Waals surface area contributed by atoms with Gasteiger partial charge in [-0.2, -0.15) is 0 Å². The predicted octanol–water partition coefficient (Wildman–Crippen LogP) is 4.47. The molecular weight excluding hydrogens is 272 g/mol. The maximum Gasteiger partial charge on any atom is 0.138 e. The van der Waals surface area contributed by atoms with Gasteiger partial charge in [-0.15, -0.1) is 0 Å². The van der Waals surface area contributed by atoms with Crippen LogP contribution >= 0.6 is 0 Å². The first-order valence-corrected chi connectivity index (χ1v) is 8.58. The Morgan fingerprint density at radius 3 is 2.59 bits per heavy atom. The highest BCUT2D eigenvalue weighted by Crippen LogP contribution is 2.56. The van der Waals surface area contributed by atoms with Gasteiger partial charge in [0.25, 0.3) is 0 Å². The molecule has 2 aliphatic rings.